The Balaban J connectivity index is 2.03. The quantitative estimate of drug-likeness (QED) is 0.853. The largest absolute Gasteiger partial charge is 0.497 e. The van der Waals surface area contributed by atoms with E-state index in [2.05, 4.69) is 6.07 Å². The molecule has 1 aromatic carbocycles. The van der Waals surface area contributed by atoms with Gasteiger partial charge in [-0.25, -0.2) is 4.79 Å². The summed E-state index contributed by atoms with van der Waals surface area (Å²) in [5.74, 6) is 0.856. The van der Waals surface area contributed by atoms with Crippen LogP contribution in [0.25, 0.3) is 0 Å². The van der Waals surface area contributed by atoms with E-state index in [4.69, 9.17) is 9.47 Å². The van der Waals surface area contributed by atoms with E-state index in [1.807, 2.05) is 43.9 Å². The van der Waals surface area contributed by atoms with Gasteiger partial charge in [0.1, 0.15) is 11.4 Å². The van der Waals surface area contributed by atoms with Crippen molar-refractivity contribution < 1.29 is 14.3 Å². The standard InChI is InChI=1S/C17H25NO3/c1-17(2,3)21-16(19)18-10-6-8-14(18)11-13-7-5-9-15(12-13)20-4/h5,7,9,12,14H,6,8,10-11H2,1-4H3/t14-/m1/s1. The van der Waals surface area contributed by atoms with Gasteiger partial charge < -0.3 is 14.4 Å². The molecule has 4 nitrogen and oxygen atoms in total. The molecular weight excluding hydrogens is 266 g/mol. The first-order valence-electron chi connectivity index (χ1n) is 7.51. The van der Waals surface area contributed by atoms with Gasteiger partial charge in [0.15, 0.2) is 0 Å². The van der Waals surface area contributed by atoms with E-state index in [9.17, 15) is 4.79 Å². The second-order valence-corrected chi connectivity index (χ2v) is 6.53. The summed E-state index contributed by atoms with van der Waals surface area (Å²) in [6.45, 7) is 6.48. The van der Waals surface area contributed by atoms with Crippen LogP contribution >= 0.6 is 0 Å². The Morgan fingerprint density at radius 3 is 2.81 bits per heavy atom. The van der Waals surface area contributed by atoms with Crippen LogP contribution < -0.4 is 4.74 Å². The van der Waals surface area contributed by atoms with Crippen molar-refractivity contribution in [3.8, 4) is 5.75 Å². The lowest BCUT2D eigenvalue weighted by molar-refractivity contribution is 0.0227. The summed E-state index contributed by atoms with van der Waals surface area (Å²) in [6, 6.07) is 8.25. The third-order valence-electron chi connectivity index (χ3n) is 3.61. The molecule has 0 saturated carbocycles. The summed E-state index contributed by atoms with van der Waals surface area (Å²) in [7, 11) is 1.67. The highest BCUT2D eigenvalue weighted by Crippen LogP contribution is 2.25. The molecule has 1 fully saturated rings. The van der Waals surface area contributed by atoms with Gasteiger partial charge in [-0.3, -0.25) is 0 Å². The maximum atomic E-state index is 12.3. The Hall–Kier alpha value is -1.71. The molecule has 21 heavy (non-hydrogen) atoms. The third kappa shape index (κ3) is 4.38. The van der Waals surface area contributed by atoms with Crippen LogP contribution in [0, 0.1) is 0 Å². The monoisotopic (exact) mass is 291 g/mol. The van der Waals surface area contributed by atoms with Crippen molar-refractivity contribution in [3.63, 3.8) is 0 Å². The predicted molar refractivity (Wildman–Crippen MR) is 82.7 cm³/mol. The lowest BCUT2D eigenvalue weighted by atomic mass is 10.0. The number of hydrogen-bond donors (Lipinski definition) is 0. The van der Waals surface area contributed by atoms with Gasteiger partial charge in [0.05, 0.1) is 7.11 Å². The first-order valence-corrected chi connectivity index (χ1v) is 7.51. The van der Waals surface area contributed by atoms with Crippen molar-refractivity contribution in [2.24, 2.45) is 0 Å². The number of carbonyl (C=O) groups excluding carboxylic acids is 1. The SMILES string of the molecule is COc1cccc(C[C@H]2CCCN2C(=O)OC(C)(C)C)c1. The van der Waals surface area contributed by atoms with Crippen molar-refractivity contribution >= 4 is 6.09 Å². The normalized spacial score (nSPS) is 18.7. The maximum Gasteiger partial charge on any atom is 0.410 e. The smallest absolute Gasteiger partial charge is 0.410 e. The van der Waals surface area contributed by atoms with Gasteiger partial charge in [-0.15, -0.1) is 0 Å². The first kappa shape index (κ1) is 15.7. The molecule has 1 amide bonds. The van der Waals surface area contributed by atoms with E-state index in [1.54, 1.807) is 7.11 Å². The molecule has 0 bridgehead atoms. The molecule has 4 heteroatoms. The highest BCUT2D eigenvalue weighted by atomic mass is 16.6. The van der Waals surface area contributed by atoms with Crippen LogP contribution in [-0.2, 0) is 11.2 Å². The number of likely N-dealkylation sites (tertiary alicyclic amines) is 1. The van der Waals surface area contributed by atoms with Crippen molar-refractivity contribution in [1.82, 2.24) is 4.90 Å². The number of ether oxygens (including phenoxy) is 2. The summed E-state index contributed by atoms with van der Waals surface area (Å²) < 4.78 is 10.8. The van der Waals surface area contributed by atoms with Crippen LogP contribution in [0.1, 0.15) is 39.2 Å². The average molecular weight is 291 g/mol. The molecule has 0 N–H and O–H groups in total. The Morgan fingerprint density at radius 1 is 1.38 bits per heavy atom. The fraction of sp³-hybridized carbons (Fsp3) is 0.588. The number of methoxy groups -OCH3 is 1. The molecule has 0 radical (unpaired) electrons. The van der Waals surface area contributed by atoms with E-state index < -0.39 is 5.60 Å². The molecule has 116 valence electrons. The minimum atomic E-state index is -0.444. The van der Waals surface area contributed by atoms with Gasteiger partial charge in [-0.05, 0) is 57.7 Å². The molecule has 1 aliphatic rings. The molecule has 1 heterocycles. The van der Waals surface area contributed by atoms with Crippen LogP contribution in [0.3, 0.4) is 0 Å². The summed E-state index contributed by atoms with van der Waals surface area (Å²) in [5.41, 5.74) is 0.745. The maximum absolute atomic E-state index is 12.3. The Labute approximate surface area is 127 Å². The third-order valence-corrected chi connectivity index (χ3v) is 3.61. The number of rotatable bonds is 3. The van der Waals surface area contributed by atoms with Crippen molar-refractivity contribution in [2.75, 3.05) is 13.7 Å². The molecule has 2 rings (SSSR count). The highest BCUT2D eigenvalue weighted by molar-refractivity contribution is 5.69. The zero-order valence-corrected chi connectivity index (χ0v) is 13.4. The molecular formula is C17H25NO3. The van der Waals surface area contributed by atoms with E-state index in [1.165, 1.54) is 5.56 Å². The molecule has 1 aliphatic heterocycles. The van der Waals surface area contributed by atoms with E-state index >= 15 is 0 Å². The van der Waals surface area contributed by atoms with Crippen molar-refractivity contribution in [2.45, 2.75) is 51.7 Å². The Kier molecular flexibility index (Phi) is 4.76. The minimum Gasteiger partial charge on any atom is -0.497 e. The lowest BCUT2D eigenvalue weighted by Gasteiger charge is -2.28. The minimum absolute atomic E-state index is 0.201. The average Bonchev–Trinajstić information content (AvgIpc) is 2.85. The molecule has 1 atom stereocenters. The van der Waals surface area contributed by atoms with Gasteiger partial charge in [-0.2, -0.15) is 0 Å². The van der Waals surface area contributed by atoms with Crippen LogP contribution in [0.5, 0.6) is 5.75 Å². The first-order chi connectivity index (χ1) is 9.89. The van der Waals surface area contributed by atoms with Crippen LogP contribution in [-0.4, -0.2) is 36.3 Å². The summed E-state index contributed by atoms with van der Waals surface area (Å²) in [4.78, 5) is 14.1. The van der Waals surface area contributed by atoms with Gasteiger partial charge in [-0.1, -0.05) is 12.1 Å². The zero-order valence-electron chi connectivity index (χ0n) is 13.4. The lowest BCUT2D eigenvalue weighted by Crippen LogP contribution is -2.40. The van der Waals surface area contributed by atoms with Gasteiger partial charge in [0.2, 0.25) is 0 Å². The van der Waals surface area contributed by atoms with Gasteiger partial charge in [0.25, 0.3) is 0 Å². The summed E-state index contributed by atoms with van der Waals surface area (Å²) >= 11 is 0. The predicted octanol–water partition coefficient (Wildman–Crippen LogP) is 3.64. The highest BCUT2D eigenvalue weighted by Gasteiger charge is 2.32. The number of hydrogen-bond acceptors (Lipinski definition) is 3. The molecule has 0 unspecified atom stereocenters. The molecule has 0 aromatic heterocycles. The summed E-state index contributed by atoms with van der Waals surface area (Å²) in [5, 5.41) is 0. The van der Waals surface area contributed by atoms with Crippen LogP contribution in [0.2, 0.25) is 0 Å². The topological polar surface area (TPSA) is 38.8 Å². The van der Waals surface area contributed by atoms with Gasteiger partial charge >= 0.3 is 6.09 Å². The number of carbonyl (C=O) groups is 1. The Bertz CT molecular complexity index is 493. The molecule has 0 aliphatic carbocycles. The molecule has 1 aromatic rings. The van der Waals surface area contributed by atoms with E-state index in [0.29, 0.717) is 0 Å². The fourth-order valence-electron chi connectivity index (χ4n) is 2.68. The van der Waals surface area contributed by atoms with E-state index in [0.717, 1.165) is 31.6 Å². The Morgan fingerprint density at radius 2 is 2.14 bits per heavy atom. The zero-order chi connectivity index (χ0) is 15.5. The second-order valence-electron chi connectivity index (χ2n) is 6.53. The number of amides is 1. The second kappa shape index (κ2) is 6.37. The fourth-order valence-corrected chi connectivity index (χ4v) is 2.68. The van der Waals surface area contributed by atoms with Crippen molar-refractivity contribution in [1.29, 1.82) is 0 Å². The summed E-state index contributed by atoms with van der Waals surface area (Å²) in [6.07, 6.45) is 2.70. The molecule has 0 spiro atoms. The van der Waals surface area contributed by atoms with Gasteiger partial charge in [0, 0.05) is 12.6 Å². The number of nitrogens with zero attached hydrogens (tertiary/aromatic N) is 1. The van der Waals surface area contributed by atoms with Crippen molar-refractivity contribution in [3.05, 3.63) is 29.8 Å². The number of benzene rings is 1. The van der Waals surface area contributed by atoms with Crippen LogP contribution in [0.4, 0.5) is 4.79 Å². The van der Waals surface area contributed by atoms with E-state index in [-0.39, 0.29) is 12.1 Å². The molecule has 1 saturated heterocycles. The van der Waals surface area contributed by atoms with Crippen LogP contribution in [0.15, 0.2) is 24.3 Å².